The van der Waals surface area contributed by atoms with E-state index in [9.17, 15) is 8.42 Å². The first-order chi connectivity index (χ1) is 11.1. The maximum atomic E-state index is 12.1. The average molecular weight is 342 g/mol. The Morgan fingerprint density at radius 3 is 2.22 bits per heavy atom. The second-order valence-corrected chi connectivity index (χ2v) is 7.94. The highest BCUT2D eigenvalue weighted by atomic mass is 32.2. The zero-order valence-corrected chi connectivity index (χ0v) is 14.5. The number of benzene rings is 1. The molecule has 0 spiro atoms. The molecule has 0 aliphatic heterocycles. The SMILES string of the molecule is COCOC1CCC(OCCCS(=O)(=O)c2ccccc2)CC1. The molecule has 1 aliphatic rings. The van der Waals surface area contributed by atoms with Crippen molar-refractivity contribution in [2.45, 2.75) is 49.2 Å². The zero-order valence-electron chi connectivity index (χ0n) is 13.6. The van der Waals surface area contributed by atoms with Gasteiger partial charge in [-0.05, 0) is 44.2 Å². The molecule has 0 bridgehead atoms. The fraction of sp³-hybridized carbons (Fsp3) is 0.647. The molecule has 0 amide bonds. The molecule has 1 aromatic carbocycles. The first kappa shape index (κ1) is 18.4. The van der Waals surface area contributed by atoms with Gasteiger partial charge in [-0.25, -0.2) is 8.42 Å². The molecule has 0 radical (unpaired) electrons. The molecule has 1 aliphatic carbocycles. The molecule has 0 N–H and O–H groups in total. The summed E-state index contributed by atoms with van der Waals surface area (Å²) in [6, 6.07) is 8.57. The average Bonchev–Trinajstić information content (AvgIpc) is 2.59. The predicted molar refractivity (Wildman–Crippen MR) is 88.1 cm³/mol. The minimum atomic E-state index is -3.20. The lowest BCUT2D eigenvalue weighted by Crippen LogP contribution is -2.27. The van der Waals surface area contributed by atoms with E-state index in [2.05, 4.69) is 0 Å². The summed E-state index contributed by atoms with van der Waals surface area (Å²) in [5.74, 6) is 0.128. The standard InChI is InChI=1S/C17H26O5S/c1-20-14-22-16-10-8-15(9-11-16)21-12-5-13-23(18,19)17-6-3-2-4-7-17/h2-4,6-7,15-16H,5,8-14H2,1H3. The van der Waals surface area contributed by atoms with Crippen molar-refractivity contribution in [2.24, 2.45) is 0 Å². The van der Waals surface area contributed by atoms with Crippen molar-refractivity contribution < 1.29 is 22.6 Å². The third-order valence-electron chi connectivity index (χ3n) is 4.06. The molecule has 0 atom stereocenters. The molecule has 1 fully saturated rings. The van der Waals surface area contributed by atoms with Crippen molar-refractivity contribution in [3.8, 4) is 0 Å². The quantitative estimate of drug-likeness (QED) is 0.510. The van der Waals surface area contributed by atoms with Crippen LogP contribution < -0.4 is 0 Å². The van der Waals surface area contributed by atoms with Gasteiger partial charge in [-0.3, -0.25) is 0 Å². The molecule has 6 heteroatoms. The molecule has 5 nitrogen and oxygen atoms in total. The summed E-state index contributed by atoms with van der Waals surface area (Å²) in [5.41, 5.74) is 0. The number of methoxy groups -OCH3 is 1. The minimum Gasteiger partial charge on any atom is -0.378 e. The van der Waals surface area contributed by atoms with Crippen LogP contribution in [0.4, 0.5) is 0 Å². The Bertz CT molecular complexity index is 535. The molecular formula is C17H26O5S. The van der Waals surface area contributed by atoms with E-state index >= 15 is 0 Å². The highest BCUT2D eigenvalue weighted by Gasteiger charge is 2.22. The first-order valence-corrected chi connectivity index (χ1v) is 9.77. The number of ether oxygens (including phenoxy) is 3. The maximum absolute atomic E-state index is 12.1. The van der Waals surface area contributed by atoms with Gasteiger partial charge in [0.2, 0.25) is 0 Å². The lowest BCUT2D eigenvalue weighted by atomic mass is 9.95. The van der Waals surface area contributed by atoms with E-state index in [-0.39, 0.29) is 18.0 Å². The molecule has 0 saturated heterocycles. The van der Waals surface area contributed by atoms with Crippen LogP contribution in [0, 0.1) is 0 Å². The normalized spacial score (nSPS) is 22.1. The van der Waals surface area contributed by atoms with Crippen molar-refractivity contribution >= 4 is 9.84 Å². The Morgan fingerprint density at radius 2 is 1.61 bits per heavy atom. The fourth-order valence-electron chi connectivity index (χ4n) is 2.77. The third kappa shape index (κ3) is 6.22. The van der Waals surface area contributed by atoms with Crippen molar-refractivity contribution in [3.05, 3.63) is 30.3 Å². The highest BCUT2D eigenvalue weighted by molar-refractivity contribution is 7.91. The molecule has 0 aromatic heterocycles. The monoisotopic (exact) mass is 342 g/mol. The van der Waals surface area contributed by atoms with Gasteiger partial charge >= 0.3 is 0 Å². The van der Waals surface area contributed by atoms with Gasteiger partial charge in [-0.2, -0.15) is 0 Å². The predicted octanol–water partition coefficient (Wildman–Crippen LogP) is 2.80. The molecule has 1 aromatic rings. The van der Waals surface area contributed by atoms with E-state index in [0.717, 1.165) is 25.7 Å². The van der Waals surface area contributed by atoms with Gasteiger partial charge in [-0.1, -0.05) is 18.2 Å². The Hall–Kier alpha value is -0.950. The number of sulfone groups is 1. The van der Waals surface area contributed by atoms with Crippen LogP contribution in [-0.4, -0.2) is 46.9 Å². The van der Waals surface area contributed by atoms with Crippen LogP contribution in [0.1, 0.15) is 32.1 Å². The van der Waals surface area contributed by atoms with E-state index in [0.29, 0.717) is 24.7 Å². The summed E-state index contributed by atoms with van der Waals surface area (Å²) in [5, 5.41) is 0. The van der Waals surface area contributed by atoms with Gasteiger partial charge < -0.3 is 14.2 Å². The highest BCUT2D eigenvalue weighted by Crippen LogP contribution is 2.23. The van der Waals surface area contributed by atoms with E-state index < -0.39 is 9.84 Å². The summed E-state index contributed by atoms with van der Waals surface area (Å²) < 4.78 is 40.6. The van der Waals surface area contributed by atoms with Crippen LogP contribution >= 0.6 is 0 Å². The topological polar surface area (TPSA) is 61.8 Å². The van der Waals surface area contributed by atoms with E-state index in [4.69, 9.17) is 14.2 Å². The Kier molecular flexibility index (Phi) is 7.49. The summed E-state index contributed by atoms with van der Waals surface area (Å²) >= 11 is 0. The van der Waals surface area contributed by atoms with Gasteiger partial charge in [0.05, 0.1) is 22.9 Å². The molecule has 0 heterocycles. The smallest absolute Gasteiger partial charge is 0.178 e. The summed E-state index contributed by atoms with van der Waals surface area (Å²) in [6.45, 7) is 0.827. The Balaban J connectivity index is 1.63. The summed E-state index contributed by atoms with van der Waals surface area (Å²) in [4.78, 5) is 0.385. The van der Waals surface area contributed by atoms with Crippen LogP contribution in [0.5, 0.6) is 0 Å². The van der Waals surface area contributed by atoms with Crippen molar-refractivity contribution in [1.29, 1.82) is 0 Å². The van der Waals surface area contributed by atoms with Crippen LogP contribution in [0.25, 0.3) is 0 Å². The first-order valence-electron chi connectivity index (χ1n) is 8.12. The molecule has 0 unspecified atom stereocenters. The Labute approximate surface area is 138 Å². The van der Waals surface area contributed by atoms with Gasteiger partial charge in [0.25, 0.3) is 0 Å². The maximum Gasteiger partial charge on any atom is 0.178 e. The van der Waals surface area contributed by atoms with E-state index in [1.165, 1.54) is 0 Å². The molecule has 23 heavy (non-hydrogen) atoms. The van der Waals surface area contributed by atoms with Gasteiger partial charge in [0.15, 0.2) is 9.84 Å². The molecule has 130 valence electrons. The van der Waals surface area contributed by atoms with Crippen molar-refractivity contribution in [1.82, 2.24) is 0 Å². The Morgan fingerprint density at radius 1 is 1.00 bits per heavy atom. The number of hydrogen-bond donors (Lipinski definition) is 0. The molecular weight excluding hydrogens is 316 g/mol. The lowest BCUT2D eigenvalue weighted by molar-refractivity contribution is -0.0971. The summed E-state index contributed by atoms with van der Waals surface area (Å²) in [6.07, 6.45) is 4.86. The zero-order chi connectivity index (χ0) is 16.5. The lowest BCUT2D eigenvalue weighted by Gasteiger charge is -2.28. The minimum absolute atomic E-state index is 0.128. The second kappa shape index (κ2) is 9.37. The third-order valence-corrected chi connectivity index (χ3v) is 5.87. The number of rotatable bonds is 9. The van der Waals surface area contributed by atoms with Gasteiger partial charge in [0, 0.05) is 13.7 Å². The van der Waals surface area contributed by atoms with Gasteiger partial charge in [0.1, 0.15) is 6.79 Å². The van der Waals surface area contributed by atoms with E-state index in [1.807, 2.05) is 6.07 Å². The van der Waals surface area contributed by atoms with E-state index in [1.54, 1.807) is 31.4 Å². The number of hydrogen-bond acceptors (Lipinski definition) is 5. The second-order valence-electron chi connectivity index (χ2n) is 5.83. The summed E-state index contributed by atoms with van der Waals surface area (Å²) in [7, 11) is -1.57. The van der Waals surface area contributed by atoms with Crippen molar-refractivity contribution in [2.75, 3.05) is 26.3 Å². The van der Waals surface area contributed by atoms with Crippen molar-refractivity contribution in [3.63, 3.8) is 0 Å². The molecule has 1 saturated carbocycles. The fourth-order valence-corrected chi connectivity index (χ4v) is 4.08. The van der Waals surface area contributed by atoms with Crippen LogP contribution in [0.3, 0.4) is 0 Å². The molecule has 2 rings (SSSR count). The van der Waals surface area contributed by atoms with Crippen LogP contribution in [-0.2, 0) is 24.0 Å². The van der Waals surface area contributed by atoms with Gasteiger partial charge in [-0.15, -0.1) is 0 Å². The van der Waals surface area contributed by atoms with Crippen LogP contribution in [0.15, 0.2) is 35.2 Å². The van der Waals surface area contributed by atoms with Crippen LogP contribution in [0.2, 0.25) is 0 Å². The largest absolute Gasteiger partial charge is 0.378 e.